The Morgan fingerprint density at radius 3 is 1.57 bits per heavy atom. The van der Waals surface area contributed by atoms with E-state index >= 15 is 0 Å². The number of aromatic nitrogens is 4. The largest absolute Gasteiger partial charge is 0.449 e. The molecule has 24 heteroatoms. The third-order valence-corrected chi connectivity index (χ3v) is 17.6. The van der Waals surface area contributed by atoms with Gasteiger partial charge in [0.25, 0.3) is 6.01 Å². The molecule has 76 heavy (non-hydrogen) atoms. The number of nitrogens with two attached hydrogens (primary N) is 1. The Labute approximate surface area is 453 Å². The first-order chi connectivity index (χ1) is 35.9. The van der Waals surface area contributed by atoms with Gasteiger partial charge in [-0.05, 0) is 103 Å². The van der Waals surface area contributed by atoms with Crippen LogP contribution in [-0.2, 0) is 42.4 Å². The van der Waals surface area contributed by atoms with E-state index in [0.29, 0.717) is 48.3 Å². The quantitative estimate of drug-likeness (QED) is 0.0500. The summed E-state index contributed by atoms with van der Waals surface area (Å²) in [6, 6.07) is 10.6. The molecule has 2 aromatic carbocycles. The zero-order chi connectivity index (χ0) is 54.1. The van der Waals surface area contributed by atoms with Crippen molar-refractivity contribution in [2.45, 2.75) is 159 Å². The van der Waals surface area contributed by atoms with Gasteiger partial charge in [0.1, 0.15) is 18.8 Å². The molecule has 4 heterocycles. The van der Waals surface area contributed by atoms with Crippen LogP contribution >= 0.6 is 22.7 Å². The number of hydrogen-bond donors (Lipinski definition) is 5. The number of nitrogens with one attached hydrogen (secondary N) is 4. The standard InChI is InChI=1S/C26H34N4O5S2.C22H29N3O5S2.C3H4N2O.CH4/c1-4-29-37(32,33)23-15-18(6-12-24-27-13-14-34-24)5-11-21(23)22-16-28-25(36-22)19-7-9-20(10-8-19)30-26(31)35-17(2)3;1-4-24-32(28,29)20-11-15(13-26)5-10-18(20)19-12-23-21(31-19)16-6-8-17(9-7-16)25-22(27)30-14(2)3;4-3-5-1-2-6-3;/h5,11,13-17,19-20,29H,4,6-10,12H2,1-3H3,(H,30,31);5,10-14,16-17,24H,4,6-9H2,1-3H3,(H,25,27);1-2H,(H2,4,5);1H4. The minimum atomic E-state index is -3.75. The smallest absolute Gasteiger partial charge is 0.407 e. The van der Waals surface area contributed by atoms with E-state index in [9.17, 15) is 31.2 Å². The molecule has 0 spiro atoms. The summed E-state index contributed by atoms with van der Waals surface area (Å²) in [5, 5.41) is 7.82. The lowest BCUT2D eigenvalue weighted by atomic mass is 9.86. The van der Waals surface area contributed by atoms with E-state index in [4.69, 9.17) is 19.6 Å². The van der Waals surface area contributed by atoms with Gasteiger partial charge in [-0.3, -0.25) is 4.79 Å². The number of anilines is 1. The maximum Gasteiger partial charge on any atom is 0.407 e. The van der Waals surface area contributed by atoms with Gasteiger partial charge in [0.2, 0.25) is 20.0 Å². The van der Waals surface area contributed by atoms with Crippen LogP contribution in [0.15, 0.2) is 92.3 Å². The molecule has 2 fully saturated rings. The van der Waals surface area contributed by atoms with Crippen molar-refractivity contribution >= 4 is 67.2 Å². The minimum Gasteiger partial charge on any atom is -0.449 e. The van der Waals surface area contributed by atoms with E-state index in [1.807, 2.05) is 39.8 Å². The average molecular weight is 1130 g/mol. The molecule has 20 nitrogen and oxygen atoms in total. The third-order valence-electron chi connectivity index (χ3n) is 12.1. The van der Waals surface area contributed by atoms with Crippen molar-refractivity contribution in [1.29, 1.82) is 0 Å². The number of aryl methyl sites for hydroxylation is 2. The predicted octanol–water partition coefficient (Wildman–Crippen LogP) is 10.0. The summed E-state index contributed by atoms with van der Waals surface area (Å²) in [5.74, 6) is 1.16. The Morgan fingerprint density at radius 2 is 1.16 bits per heavy atom. The molecular weight excluding hydrogens is 1050 g/mol. The lowest BCUT2D eigenvalue weighted by Gasteiger charge is -2.28. The molecule has 6 aromatic rings. The average Bonchev–Trinajstić information content (AvgIpc) is 4.24. The lowest BCUT2D eigenvalue weighted by Crippen LogP contribution is -2.38. The zero-order valence-corrected chi connectivity index (χ0v) is 46.2. The van der Waals surface area contributed by atoms with Crippen molar-refractivity contribution in [3.05, 3.63) is 101 Å². The summed E-state index contributed by atoms with van der Waals surface area (Å²) in [6.07, 6.45) is 17.3. The number of rotatable bonds is 18. The summed E-state index contributed by atoms with van der Waals surface area (Å²) in [7, 11) is -7.44. The molecule has 414 valence electrons. The molecule has 0 aliphatic heterocycles. The number of ether oxygens (including phenoxy) is 2. The molecule has 6 N–H and O–H groups in total. The van der Waals surface area contributed by atoms with Gasteiger partial charge in [-0.2, -0.15) is 0 Å². The second-order valence-corrected chi connectivity index (χ2v) is 24.0. The van der Waals surface area contributed by atoms with Crippen molar-refractivity contribution < 1.29 is 49.5 Å². The van der Waals surface area contributed by atoms with Crippen LogP contribution in [0.1, 0.15) is 144 Å². The van der Waals surface area contributed by atoms with Crippen LogP contribution < -0.4 is 25.8 Å². The number of nitrogens with zero attached hydrogens (tertiary/aromatic N) is 4. The van der Waals surface area contributed by atoms with E-state index in [2.05, 4.69) is 44.4 Å². The van der Waals surface area contributed by atoms with Crippen molar-refractivity contribution in [1.82, 2.24) is 40.0 Å². The molecule has 0 radical (unpaired) electrons. The molecule has 0 atom stereocenters. The van der Waals surface area contributed by atoms with Crippen molar-refractivity contribution in [2.24, 2.45) is 0 Å². The topological polar surface area (TPSA) is 290 Å². The number of amides is 2. The number of aldehydes is 1. The summed E-state index contributed by atoms with van der Waals surface area (Å²) in [5.41, 5.74) is 7.38. The second-order valence-electron chi connectivity index (χ2n) is 18.4. The van der Waals surface area contributed by atoms with E-state index < -0.39 is 20.0 Å². The first-order valence-corrected chi connectivity index (χ1v) is 29.6. The SMILES string of the molecule is C.CCNS(=O)(=O)c1cc(C=O)ccc1-c1cnc(C2CCC(NC(=O)OC(C)C)CC2)s1.CCNS(=O)(=O)c1cc(CCc2ncco2)ccc1-c1cnc(C2CCC(NC(=O)OC(C)C)CC2)s1.Nc1ncco1. The van der Waals surface area contributed by atoms with E-state index in [1.54, 1.807) is 62.0 Å². The molecule has 0 saturated heterocycles. The lowest BCUT2D eigenvalue weighted by molar-refractivity contribution is 0.108. The highest BCUT2D eigenvalue weighted by molar-refractivity contribution is 7.90. The Morgan fingerprint density at radius 1 is 0.684 bits per heavy atom. The van der Waals surface area contributed by atoms with Gasteiger partial charge < -0.3 is 34.7 Å². The Balaban J connectivity index is 0.000000251. The van der Waals surface area contributed by atoms with Gasteiger partial charge in [-0.1, -0.05) is 45.5 Å². The molecule has 2 aliphatic carbocycles. The van der Waals surface area contributed by atoms with Gasteiger partial charge in [0, 0.05) is 72.5 Å². The maximum absolute atomic E-state index is 13.1. The number of nitrogen functional groups attached to an aromatic ring is 1. The number of thiazole rings is 2. The Hall–Kier alpha value is -6.05. The number of carbonyl (C=O) groups is 3. The monoisotopic (exact) mass is 1130 g/mol. The molecule has 2 amide bonds. The molecule has 8 rings (SSSR count). The van der Waals surface area contributed by atoms with Crippen molar-refractivity contribution in [3.63, 3.8) is 0 Å². The maximum atomic E-state index is 13.1. The summed E-state index contributed by atoms with van der Waals surface area (Å²) < 4.78 is 76.9. The van der Waals surface area contributed by atoms with E-state index in [1.165, 1.54) is 36.1 Å². The van der Waals surface area contributed by atoms with Gasteiger partial charge in [0.05, 0.1) is 54.2 Å². The zero-order valence-electron chi connectivity index (χ0n) is 42.9. The van der Waals surface area contributed by atoms with Gasteiger partial charge >= 0.3 is 12.2 Å². The van der Waals surface area contributed by atoms with Crippen LogP contribution in [0.3, 0.4) is 0 Å². The van der Waals surface area contributed by atoms with E-state index in [-0.39, 0.29) is 78.1 Å². The number of benzene rings is 2. The normalized spacial score (nSPS) is 17.5. The van der Waals surface area contributed by atoms with Crippen LogP contribution in [0, 0.1) is 0 Å². The van der Waals surface area contributed by atoms with Crippen LogP contribution in [-0.4, -0.2) is 92.6 Å². The number of hydrogen-bond acceptors (Lipinski definition) is 18. The Kier molecular flexibility index (Phi) is 23.1. The van der Waals surface area contributed by atoms with Crippen molar-refractivity contribution in [2.75, 3.05) is 18.8 Å². The molecule has 4 aromatic heterocycles. The number of oxazole rings is 2. The summed E-state index contributed by atoms with van der Waals surface area (Å²) >= 11 is 3.02. The van der Waals surface area contributed by atoms with Crippen molar-refractivity contribution in [3.8, 4) is 20.9 Å². The first kappa shape index (κ1) is 60.8. The first-order valence-electron chi connectivity index (χ1n) is 25.0. The predicted molar refractivity (Wildman–Crippen MR) is 293 cm³/mol. The molecule has 2 saturated carbocycles. The van der Waals surface area contributed by atoms with Crippen LogP contribution in [0.5, 0.6) is 0 Å². The third kappa shape index (κ3) is 17.8. The second kappa shape index (κ2) is 28.9. The molecule has 0 bridgehead atoms. The summed E-state index contributed by atoms with van der Waals surface area (Å²) in [6.45, 7) is 11.3. The number of sulfonamides is 2. The fourth-order valence-electron chi connectivity index (χ4n) is 8.58. The fraction of sp³-hybridized carbons (Fsp3) is 0.481. The van der Waals surface area contributed by atoms with Gasteiger partial charge in [-0.25, -0.2) is 55.8 Å². The van der Waals surface area contributed by atoms with Crippen LogP contribution in [0.4, 0.5) is 15.6 Å². The fourth-order valence-corrected chi connectivity index (χ4v) is 13.6. The highest BCUT2D eigenvalue weighted by Gasteiger charge is 2.30. The highest BCUT2D eigenvalue weighted by atomic mass is 32.2. The summed E-state index contributed by atoms with van der Waals surface area (Å²) in [4.78, 5) is 53.7. The number of carbonyl (C=O) groups excluding carboxylic acids is 3. The molecular formula is C52H71N9O11S4. The molecule has 0 unspecified atom stereocenters. The van der Waals surface area contributed by atoms with Crippen LogP contribution in [0.25, 0.3) is 20.9 Å². The number of alkyl carbamates (subject to hydrolysis) is 2. The van der Waals surface area contributed by atoms with Gasteiger partial charge in [0.15, 0.2) is 5.89 Å². The minimum absolute atomic E-state index is 0. The van der Waals surface area contributed by atoms with Crippen LogP contribution in [0.2, 0.25) is 0 Å². The van der Waals surface area contributed by atoms with E-state index in [0.717, 1.165) is 76.7 Å². The molecule has 2 aliphatic rings. The Bertz CT molecular complexity index is 2980. The van der Waals surface area contributed by atoms with Gasteiger partial charge in [-0.15, -0.1) is 22.7 Å². The highest BCUT2D eigenvalue weighted by Crippen LogP contribution is 2.41.